The average molecular weight is 328 g/mol. The highest BCUT2D eigenvalue weighted by atomic mass is 35.5. The lowest BCUT2D eigenvalue weighted by atomic mass is 10.2. The molecular formula is C13H18ClN5OS. The van der Waals surface area contributed by atoms with Crippen molar-refractivity contribution in [2.45, 2.75) is 25.4 Å². The lowest BCUT2D eigenvalue weighted by Gasteiger charge is -2.14. The van der Waals surface area contributed by atoms with Crippen LogP contribution in [0.4, 0.5) is 0 Å². The molecule has 0 saturated heterocycles. The molecule has 3 N–H and O–H groups in total. The topological polar surface area (TPSA) is 85.8 Å². The molecular weight excluding hydrogens is 310 g/mol. The van der Waals surface area contributed by atoms with Gasteiger partial charge < -0.3 is 11.1 Å². The van der Waals surface area contributed by atoms with E-state index in [4.69, 9.17) is 5.73 Å². The van der Waals surface area contributed by atoms with Gasteiger partial charge in [0.15, 0.2) is 5.69 Å². The Kier molecular flexibility index (Phi) is 5.33. The number of nitrogens with two attached hydrogens (primary N) is 1. The van der Waals surface area contributed by atoms with Crippen molar-refractivity contribution in [1.82, 2.24) is 20.3 Å². The molecule has 1 saturated carbocycles. The minimum atomic E-state index is -0.190. The maximum absolute atomic E-state index is 12.1. The number of carbonyl (C=O) groups excluding carboxylic acids is 1. The molecule has 1 aliphatic rings. The normalized spacial score (nSPS) is 15.3. The van der Waals surface area contributed by atoms with Gasteiger partial charge >= 0.3 is 0 Å². The van der Waals surface area contributed by atoms with Crippen molar-refractivity contribution in [2.75, 3.05) is 6.54 Å². The van der Waals surface area contributed by atoms with Crippen molar-refractivity contribution in [2.24, 2.45) is 11.7 Å². The molecule has 1 aliphatic carbocycles. The van der Waals surface area contributed by atoms with E-state index in [1.807, 2.05) is 17.5 Å². The van der Waals surface area contributed by atoms with Crippen molar-refractivity contribution in [1.29, 1.82) is 0 Å². The number of rotatable bonds is 6. The summed E-state index contributed by atoms with van der Waals surface area (Å²) in [5.74, 6) is 0.342. The van der Waals surface area contributed by atoms with Gasteiger partial charge in [-0.2, -0.15) is 0 Å². The van der Waals surface area contributed by atoms with Crippen LogP contribution in [-0.4, -0.2) is 33.5 Å². The van der Waals surface area contributed by atoms with Gasteiger partial charge in [-0.3, -0.25) is 4.79 Å². The minimum Gasteiger partial charge on any atom is -0.346 e. The summed E-state index contributed by atoms with van der Waals surface area (Å²) < 4.78 is 1.68. The minimum absolute atomic E-state index is 0. The van der Waals surface area contributed by atoms with Crippen LogP contribution in [0.5, 0.6) is 0 Å². The molecule has 114 valence electrons. The van der Waals surface area contributed by atoms with Crippen molar-refractivity contribution in [3.63, 3.8) is 0 Å². The fourth-order valence-corrected chi connectivity index (χ4v) is 2.85. The van der Waals surface area contributed by atoms with Gasteiger partial charge in [-0.15, -0.1) is 28.8 Å². The van der Waals surface area contributed by atoms with Gasteiger partial charge in [-0.05, 0) is 30.2 Å². The van der Waals surface area contributed by atoms with Gasteiger partial charge in [0.05, 0.1) is 12.7 Å². The monoisotopic (exact) mass is 327 g/mol. The van der Waals surface area contributed by atoms with E-state index in [9.17, 15) is 4.79 Å². The molecule has 0 aromatic carbocycles. The van der Waals surface area contributed by atoms with Gasteiger partial charge in [0.25, 0.3) is 5.91 Å². The van der Waals surface area contributed by atoms with E-state index >= 15 is 0 Å². The van der Waals surface area contributed by atoms with Gasteiger partial charge in [0.2, 0.25) is 0 Å². The molecule has 0 aliphatic heterocycles. The van der Waals surface area contributed by atoms with Crippen LogP contribution in [0.15, 0.2) is 23.7 Å². The number of hydrogen-bond donors (Lipinski definition) is 2. The molecule has 1 atom stereocenters. The van der Waals surface area contributed by atoms with Gasteiger partial charge in [0.1, 0.15) is 0 Å². The van der Waals surface area contributed by atoms with E-state index < -0.39 is 0 Å². The third-order valence-corrected chi connectivity index (χ3v) is 4.29. The molecule has 0 bridgehead atoms. The fraction of sp³-hybridized carbons (Fsp3) is 0.462. The second-order valence-electron chi connectivity index (χ2n) is 5.03. The Morgan fingerprint density at radius 3 is 3.00 bits per heavy atom. The van der Waals surface area contributed by atoms with Crippen LogP contribution in [-0.2, 0) is 6.54 Å². The highest BCUT2D eigenvalue weighted by Gasteiger charge is 2.31. The Balaban J connectivity index is 0.00000161. The molecule has 2 aromatic rings. The lowest BCUT2D eigenvalue weighted by Crippen LogP contribution is -2.41. The van der Waals surface area contributed by atoms with E-state index in [2.05, 4.69) is 15.6 Å². The molecule has 6 nitrogen and oxygen atoms in total. The number of hydrogen-bond acceptors (Lipinski definition) is 5. The first-order valence-electron chi connectivity index (χ1n) is 6.69. The van der Waals surface area contributed by atoms with Crippen LogP contribution < -0.4 is 11.1 Å². The molecule has 0 radical (unpaired) electrons. The van der Waals surface area contributed by atoms with Crippen LogP contribution in [0.2, 0.25) is 0 Å². The summed E-state index contributed by atoms with van der Waals surface area (Å²) in [7, 11) is 0. The van der Waals surface area contributed by atoms with Crippen molar-refractivity contribution < 1.29 is 4.79 Å². The predicted molar refractivity (Wildman–Crippen MR) is 83.7 cm³/mol. The van der Waals surface area contributed by atoms with Crippen molar-refractivity contribution >= 4 is 29.7 Å². The molecule has 0 spiro atoms. The summed E-state index contributed by atoms with van der Waals surface area (Å²) in [5.41, 5.74) is 6.03. The molecule has 1 fully saturated rings. The van der Waals surface area contributed by atoms with Crippen molar-refractivity contribution in [3.05, 3.63) is 34.3 Å². The Morgan fingerprint density at radius 1 is 1.57 bits per heavy atom. The molecule has 2 aromatic heterocycles. The van der Waals surface area contributed by atoms with Crippen LogP contribution in [0.1, 0.15) is 28.2 Å². The third-order valence-electron chi connectivity index (χ3n) is 3.43. The highest BCUT2D eigenvalue weighted by molar-refractivity contribution is 7.09. The van der Waals surface area contributed by atoms with Crippen molar-refractivity contribution in [3.8, 4) is 0 Å². The molecule has 8 heteroatoms. The second-order valence-corrected chi connectivity index (χ2v) is 6.07. The summed E-state index contributed by atoms with van der Waals surface area (Å²) in [5, 5.41) is 12.9. The van der Waals surface area contributed by atoms with E-state index in [1.54, 1.807) is 22.2 Å². The fourth-order valence-electron chi connectivity index (χ4n) is 2.15. The van der Waals surface area contributed by atoms with Crippen LogP contribution in [0, 0.1) is 5.92 Å². The molecule has 1 amide bonds. The zero-order valence-corrected chi connectivity index (χ0v) is 13.1. The van der Waals surface area contributed by atoms with Crippen LogP contribution >= 0.6 is 23.7 Å². The summed E-state index contributed by atoms with van der Waals surface area (Å²) in [6.07, 6.45) is 3.97. The largest absolute Gasteiger partial charge is 0.346 e. The molecule has 21 heavy (non-hydrogen) atoms. The Bertz CT molecular complexity index is 581. The lowest BCUT2D eigenvalue weighted by molar-refractivity contribution is 0.0928. The van der Waals surface area contributed by atoms with Crippen LogP contribution in [0.25, 0.3) is 0 Å². The third kappa shape index (κ3) is 4.03. The zero-order chi connectivity index (χ0) is 13.9. The first-order chi connectivity index (χ1) is 9.76. The zero-order valence-electron chi connectivity index (χ0n) is 11.4. The maximum atomic E-state index is 12.1. The number of carbonyl (C=O) groups is 1. The summed E-state index contributed by atoms with van der Waals surface area (Å²) in [6, 6.07) is 4.08. The number of nitrogens with one attached hydrogen (secondary N) is 1. The number of nitrogens with zero attached hydrogens (tertiary/aromatic N) is 3. The Morgan fingerprint density at radius 2 is 2.38 bits per heavy atom. The highest BCUT2D eigenvalue weighted by Crippen LogP contribution is 2.32. The Labute approximate surface area is 133 Å². The summed E-state index contributed by atoms with van der Waals surface area (Å²) in [6.45, 7) is 1.11. The predicted octanol–water partition coefficient (Wildman–Crippen LogP) is 1.28. The number of thiophene rings is 1. The van der Waals surface area contributed by atoms with E-state index in [0.717, 1.165) is 12.8 Å². The van der Waals surface area contributed by atoms with Gasteiger partial charge in [-0.1, -0.05) is 11.3 Å². The molecule has 2 heterocycles. The number of aromatic nitrogens is 3. The first-order valence-corrected chi connectivity index (χ1v) is 7.57. The second kappa shape index (κ2) is 7.02. The SMILES string of the molecule is Cl.NCC(NC(=O)c1cn(Cc2cccs2)nn1)C1CC1. The maximum Gasteiger partial charge on any atom is 0.273 e. The number of amides is 1. The summed E-state index contributed by atoms with van der Waals surface area (Å²) in [4.78, 5) is 13.3. The van der Waals surface area contributed by atoms with Crippen LogP contribution in [0.3, 0.4) is 0 Å². The van der Waals surface area contributed by atoms with Gasteiger partial charge in [-0.25, -0.2) is 4.68 Å². The summed E-state index contributed by atoms with van der Waals surface area (Å²) >= 11 is 1.66. The van der Waals surface area contributed by atoms with E-state index in [1.165, 1.54) is 4.88 Å². The van der Waals surface area contributed by atoms with Gasteiger partial charge in [0, 0.05) is 17.5 Å². The standard InChI is InChI=1S/C13H17N5OS.ClH/c14-6-11(9-3-4-9)15-13(19)12-8-18(17-16-12)7-10-2-1-5-20-10;/h1-2,5,8-9,11H,3-4,6-7,14H2,(H,15,19);1H. The quantitative estimate of drug-likeness (QED) is 0.836. The molecule has 1 unspecified atom stereocenters. The smallest absolute Gasteiger partial charge is 0.273 e. The molecule has 3 rings (SSSR count). The van der Waals surface area contributed by atoms with E-state index in [0.29, 0.717) is 24.7 Å². The van der Waals surface area contributed by atoms with E-state index in [-0.39, 0.29) is 24.4 Å². The average Bonchev–Trinajstić information content (AvgIpc) is 2.97. The number of halogens is 1. The first kappa shape index (κ1) is 15.9. The Hall–Kier alpha value is -1.44.